The number of hydrogen-bond acceptors (Lipinski definition) is 5. The lowest BCUT2D eigenvalue weighted by Gasteiger charge is -2.32. The van der Waals surface area contributed by atoms with E-state index < -0.39 is 0 Å². The van der Waals surface area contributed by atoms with Crippen molar-refractivity contribution in [2.75, 3.05) is 26.8 Å². The molecule has 8 heteroatoms. The molecule has 1 atom stereocenters. The van der Waals surface area contributed by atoms with Gasteiger partial charge < -0.3 is 14.4 Å². The summed E-state index contributed by atoms with van der Waals surface area (Å²) >= 11 is 0. The molecule has 1 amide bonds. The lowest BCUT2D eigenvalue weighted by Crippen LogP contribution is -2.40. The van der Waals surface area contributed by atoms with Crippen LogP contribution in [0.4, 0.5) is 0 Å². The molecule has 1 aliphatic carbocycles. The Bertz CT molecular complexity index is 1180. The van der Waals surface area contributed by atoms with Crippen LogP contribution < -0.4 is 10.4 Å². The summed E-state index contributed by atoms with van der Waals surface area (Å²) in [5.74, 6) is 2.31. The number of benzene rings is 2. The van der Waals surface area contributed by atoms with E-state index in [1.807, 2.05) is 64.1 Å². The zero-order valence-electron chi connectivity index (χ0n) is 19.4. The van der Waals surface area contributed by atoms with Crippen LogP contribution in [0.5, 0.6) is 11.5 Å². The second kappa shape index (κ2) is 9.85. The van der Waals surface area contributed by atoms with Gasteiger partial charge in [0.05, 0.1) is 13.2 Å². The van der Waals surface area contributed by atoms with Gasteiger partial charge in [0.2, 0.25) is 0 Å². The van der Waals surface area contributed by atoms with Crippen LogP contribution in [0.3, 0.4) is 0 Å². The molecule has 1 unspecified atom stereocenters. The average molecular weight is 463 g/mol. The maximum Gasteiger partial charge on any atom is 0.346 e. The Balaban J connectivity index is 1.30. The molecule has 178 valence electrons. The molecule has 1 saturated carbocycles. The number of amides is 1. The van der Waals surface area contributed by atoms with Gasteiger partial charge in [0, 0.05) is 37.7 Å². The quantitative estimate of drug-likeness (QED) is 0.508. The fourth-order valence-corrected chi connectivity index (χ4v) is 4.56. The fourth-order valence-electron chi connectivity index (χ4n) is 4.56. The number of aromatic nitrogens is 3. The van der Waals surface area contributed by atoms with Crippen LogP contribution in [-0.4, -0.2) is 52.0 Å². The molecule has 8 nitrogen and oxygen atoms in total. The first-order valence-corrected chi connectivity index (χ1v) is 11.9. The third-order valence-corrected chi connectivity index (χ3v) is 6.47. The van der Waals surface area contributed by atoms with Crippen molar-refractivity contribution >= 4 is 5.91 Å². The molecule has 0 spiro atoms. The van der Waals surface area contributed by atoms with Crippen molar-refractivity contribution < 1.29 is 14.3 Å². The van der Waals surface area contributed by atoms with Crippen LogP contribution in [-0.2, 0) is 11.3 Å². The lowest BCUT2D eigenvalue weighted by molar-refractivity contribution is 0.0703. The Morgan fingerprint density at radius 2 is 1.76 bits per heavy atom. The molecule has 1 saturated heterocycles. The second-order valence-electron chi connectivity index (χ2n) is 8.99. The van der Waals surface area contributed by atoms with Gasteiger partial charge in [-0.05, 0) is 62.1 Å². The number of ether oxygens (including phenoxy) is 2. The van der Waals surface area contributed by atoms with Crippen LogP contribution in [0, 0.1) is 0 Å². The van der Waals surface area contributed by atoms with Crippen molar-refractivity contribution in [3.05, 3.63) is 76.5 Å². The van der Waals surface area contributed by atoms with Gasteiger partial charge in [-0.2, -0.15) is 5.10 Å². The van der Waals surface area contributed by atoms with Gasteiger partial charge in [0.25, 0.3) is 5.91 Å². The Kier molecular flexibility index (Phi) is 6.49. The van der Waals surface area contributed by atoms with Gasteiger partial charge in [-0.15, -0.1) is 0 Å². The third kappa shape index (κ3) is 4.77. The Morgan fingerprint density at radius 1 is 1.03 bits per heavy atom. The van der Waals surface area contributed by atoms with Crippen LogP contribution in [0.2, 0.25) is 0 Å². The Morgan fingerprint density at radius 3 is 2.47 bits per heavy atom. The van der Waals surface area contributed by atoms with E-state index in [0.29, 0.717) is 37.6 Å². The van der Waals surface area contributed by atoms with E-state index in [-0.39, 0.29) is 23.6 Å². The SMILES string of the molecule is COCCn1nc(C2CCCN(C(=O)c3ccc(Oc4ccccc4)cc3)C2)n(C2CC2)c1=O. The molecule has 1 aromatic heterocycles. The van der Waals surface area contributed by atoms with E-state index >= 15 is 0 Å². The molecule has 2 heterocycles. The Hall–Kier alpha value is -3.39. The van der Waals surface area contributed by atoms with Crippen LogP contribution >= 0.6 is 0 Å². The van der Waals surface area contributed by atoms with Gasteiger partial charge in [-0.1, -0.05) is 18.2 Å². The second-order valence-corrected chi connectivity index (χ2v) is 8.99. The summed E-state index contributed by atoms with van der Waals surface area (Å²) in [4.78, 5) is 28.1. The molecule has 2 fully saturated rings. The van der Waals surface area contributed by atoms with Gasteiger partial charge in [0.1, 0.15) is 17.3 Å². The number of nitrogens with zero attached hydrogens (tertiary/aromatic N) is 4. The van der Waals surface area contributed by atoms with Gasteiger partial charge >= 0.3 is 5.69 Å². The molecular formula is C26H30N4O4. The number of para-hydroxylation sites is 1. The highest BCUT2D eigenvalue weighted by Gasteiger charge is 2.35. The zero-order valence-corrected chi connectivity index (χ0v) is 19.4. The molecule has 0 N–H and O–H groups in total. The maximum atomic E-state index is 13.3. The number of hydrogen-bond donors (Lipinski definition) is 0. The predicted octanol–water partition coefficient (Wildman–Crippen LogP) is 3.84. The van der Waals surface area contributed by atoms with Crippen LogP contribution in [0.25, 0.3) is 0 Å². The molecule has 1 aliphatic heterocycles. The monoisotopic (exact) mass is 462 g/mol. The summed E-state index contributed by atoms with van der Waals surface area (Å²) in [7, 11) is 1.62. The van der Waals surface area contributed by atoms with Gasteiger partial charge in [-0.3, -0.25) is 9.36 Å². The normalized spacial score (nSPS) is 18.1. The van der Waals surface area contributed by atoms with Crippen molar-refractivity contribution in [2.24, 2.45) is 0 Å². The van der Waals surface area contributed by atoms with E-state index in [2.05, 4.69) is 5.10 Å². The van der Waals surface area contributed by atoms with E-state index in [0.717, 1.165) is 37.3 Å². The summed E-state index contributed by atoms with van der Waals surface area (Å²) in [6.07, 6.45) is 3.82. The van der Waals surface area contributed by atoms with E-state index in [1.165, 1.54) is 4.68 Å². The van der Waals surface area contributed by atoms with Crippen LogP contribution in [0.15, 0.2) is 59.4 Å². The van der Waals surface area contributed by atoms with Gasteiger partial charge in [0.15, 0.2) is 0 Å². The van der Waals surface area contributed by atoms with Crippen molar-refractivity contribution in [1.82, 2.24) is 19.2 Å². The summed E-state index contributed by atoms with van der Waals surface area (Å²) in [5, 5.41) is 4.68. The highest BCUT2D eigenvalue weighted by atomic mass is 16.5. The highest BCUT2D eigenvalue weighted by molar-refractivity contribution is 5.94. The number of rotatable bonds is 8. The predicted molar refractivity (Wildman–Crippen MR) is 127 cm³/mol. The minimum absolute atomic E-state index is 0.00454. The molecule has 2 aliphatic rings. The van der Waals surface area contributed by atoms with Crippen molar-refractivity contribution in [3.8, 4) is 11.5 Å². The fraction of sp³-hybridized carbons (Fsp3) is 0.423. The first-order valence-electron chi connectivity index (χ1n) is 11.9. The largest absolute Gasteiger partial charge is 0.457 e. The van der Waals surface area contributed by atoms with Gasteiger partial charge in [-0.25, -0.2) is 9.48 Å². The number of piperidine rings is 1. The zero-order chi connectivity index (χ0) is 23.5. The first kappa shape index (κ1) is 22.4. The minimum atomic E-state index is -0.0630. The number of carbonyl (C=O) groups excluding carboxylic acids is 1. The standard InChI is InChI=1S/C26H30N4O4/c1-33-17-16-29-26(32)30(21-11-12-21)24(27-29)20-6-5-15-28(18-20)25(31)19-9-13-23(14-10-19)34-22-7-3-2-4-8-22/h2-4,7-10,13-14,20-21H,5-6,11-12,15-18H2,1H3. The number of carbonyl (C=O) groups is 1. The molecule has 34 heavy (non-hydrogen) atoms. The number of methoxy groups -OCH3 is 1. The maximum absolute atomic E-state index is 13.3. The van der Waals surface area contributed by atoms with E-state index in [1.54, 1.807) is 7.11 Å². The summed E-state index contributed by atoms with van der Waals surface area (Å²) in [5.41, 5.74) is 0.568. The lowest BCUT2D eigenvalue weighted by atomic mass is 9.96. The molecule has 0 radical (unpaired) electrons. The average Bonchev–Trinajstić information content (AvgIpc) is 3.66. The molecule has 2 aromatic carbocycles. The molecule has 5 rings (SSSR count). The molecule has 3 aromatic rings. The minimum Gasteiger partial charge on any atom is -0.457 e. The van der Waals surface area contributed by atoms with E-state index in [9.17, 15) is 9.59 Å². The first-order chi connectivity index (χ1) is 16.6. The van der Waals surface area contributed by atoms with Crippen molar-refractivity contribution in [1.29, 1.82) is 0 Å². The van der Waals surface area contributed by atoms with Crippen LogP contribution in [0.1, 0.15) is 53.8 Å². The molecular weight excluding hydrogens is 432 g/mol. The van der Waals surface area contributed by atoms with E-state index in [4.69, 9.17) is 9.47 Å². The summed E-state index contributed by atoms with van der Waals surface area (Å²) in [6, 6.07) is 17.1. The number of likely N-dealkylation sites (tertiary alicyclic amines) is 1. The van der Waals surface area contributed by atoms with Crippen molar-refractivity contribution in [3.63, 3.8) is 0 Å². The molecule has 0 bridgehead atoms. The third-order valence-electron chi connectivity index (χ3n) is 6.47. The Labute approximate surface area is 198 Å². The summed E-state index contributed by atoms with van der Waals surface area (Å²) in [6.45, 7) is 2.15. The van der Waals surface area contributed by atoms with Crippen molar-refractivity contribution in [2.45, 2.75) is 44.2 Å². The highest BCUT2D eigenvalue weighted by Crippen LogP contribution is 2.37. The smallest absolute Gasteiger partial charge is 0.346 e. The topological polar surface area (TPSA) is 78.6 Å². The summed E-state index contributed by atoms with van der Waals surface area (Å²) < 4.78 is 14.4.